The van der Waals surface area contributed by atoms with E-state index in [4.69, 9.17) is 12.2 Å². The van der Waals surface area contributed by atoms with Crippen LogP contribution in [0, 0.1) is 6.92 Å². The second-order valence-corrected chi connectivity index (χ2v) is 7.64. The Balaban J connectivity index is 1.86. The Bertz CT molecular complexity index is 525. The lowest BCUT2D eigenvalue weighted by Crippen LogP contribution is -2.38. The van der Waals surface area contributed by atoms with Crippen molar-refractivity contribution >= 4 is 43.6 Å². The van der Waals surface area contributed by atoms with Crippen molar-refractivity contribution < 1.29 is 8.42 Å². The third-order valence-electron chi connectivity index (χ3n) is 2.31. The highest BCUT2D eigenvalue weighted by Gasteiger charge is 2.28. The number of rotatable bonds is 2. The second kappa shape index (κ2) is 4.83. The summed E-state index contributed by atoms with van der Waals surface area (Å²) in [5, 5.41) is 15.4. The van der Waals surface area contributed by atoms with E-state index in [0.29, 0.717) is 16.7 Å². The van der Waals surface area contributed by atoms with Gasteiger partial charge in [0, 0.05) is 6.04 Å². The predicted octanol–water partition coefficient (Wildman–Crippen LogP) is 0.320. The van der Waals surface area contributed by atoms with Crippen molar-refractivity contribution in [2.75, 3.05) is 16.8 Å². The van der Waals surface area contributed by atoms with E-state index in [1.807, 2.05) is 6.92 Å². The van der Waals surface area contributed by atoms with Gasteiger partial charge in [-0.3, -0.25) is 0 Å². The maximum Gasteiger partial charge on any atom is 0.211 e. The van der Waals surface area contributed by atoms with Crippen LogP contribution < -0.4 is 10.6 Å². The van der Waals surface area contributed by atoms with Gasteiger partial charge >= 0.3 is 0 Å². The van der Waals surface area contributed by atoms with E-state index < -0.39 is 9.84 Å². The minimum Gasteiger partial charge on any atom is -0.359 e. The zero-order valence-electron chi connectivity index (χ0n) is 9.13. The van der Waals surface area contributed by atoms with Crippen molar-refractivity contribution in [2.24, 2.45) is 0 Å². The predicted molar refractivity (Wildman–Crippen MR) is 71.1 cm³/mol. The van der Waals surface area contributed by atoms with Crippen LogP contribution >= 0.6 is 23.6 Å². The topological polar surface area (TPSA) is 84.0 Å². The Hall–Kier alpha value is -0.800. The van der Waals surface area contributed by atoms with Crippen LogP contribution in [0.5, 0.6) is 0 Å². The van der Waals surface area contributed by atoms with Crippen LogP contribution in [-0.2, 0) is 9.84 Å². The third kappa shape index (κ3) is 3.58. The molecule has 1 aromatic rings. The number of sulfone groups is 1. The molecule has 1 fully saturated rings. The first-order valence-electron chi connectivity index (χ1n) is 5.03. The van der Waals surface area contributed by atoms with Crippen LogP contribution in [0.15, 0.2) is 0 Å². The van der Waals surface area contributed by atoms with Gasteiger partial charge in [-0.2, -0.15) is 0 Å². The molecule has 9 heteroatoms. The van der Waals surface area contributed by atoms with Gasteiger partial charge in [-0.15, -0.1) is 10.2 Å². The zero-order chi connectivity index (χ0) is 12.5. The van der Waals surface area contributed by atoms with Crippen molar-refractivity contribution in [3.05, 3.63) is 5.01 Å². The first-order valence-corrected chi connectivity index (χ1v) is 8.07. The van der Waals surface area contributed by atoms with E-state index in [1.54, 1.807) is 0 Å². The molecule has 2 heterocycles. The number of nitrogens with zero attached hydrogens (tertiary/aromatic N) is 2. The highest BCUT2D eigenvalue weighted by molar-refractivity contribution is 7.91. The normalized spacial score (nSPS) is 22.3. The summed E-state index contributed by atoms with van der Waals surface area (Å²) in [6.45, 7) is 1.85. The van der Waals surface area contributed by atoms with Crippen LogP contribution in [0.25, 0.3) is 0 Å². The lowest BCUT2D eigenvalue weighted by atomic mass is 10.3. The smallest absolute Gasteiger partial charge is 0.211 e. The molecule has 1 saturated heterocycles. The summed E-state index contributed by atoms with van der Waals surface area (Å²) in [5.74, 6) is 0.370. The average molecular weight is 292 g/mol. The van der Waals surface area contributed by atoms with Gasteiger partial charge in [0.25, 0.3) is 0 Å². The number of aromatic nitrogens is 2. The maximum absolute atomic E-state index is 11.3. The fourth-order valence-corrected chi connectivity index (χ4v) is 4.17. The number of anilines is 1. The van der Waals surface area contributed by atoms with Gasteiger partial charge in [-0.05, 0) is 25.6 Å². The lowest BCUT2D eigenvalue weighted by Gasteiger charge is -2.12. The minimum absolute atomic E-state index is 0.103. The quantitative estimate of drug-likeness (QED) is 0.759. The van der Waals surface area contributed by atoms with E-state index in [2.05, 4.69) is 20.8 Å². The molecule has 0 bridgehead atoms. The second-order valence-electron chi connectivity index (χ2n) is 3.82. The summed E-state index contributed by atoms with van der Waals surface area (Å²) in [6, 6.07) is -0.103. The molecule has 0 amide bonds. The molecule has 0 radical (unpaired) electrons. The van der Waals surface area contributed by atoms with Gasteiger partial charge in [-0.25, -0.2) is 8.42 Å². The van der Waals surface area contributed by atoms with Crippen LogP contribution in [0.4, 0.5) is 5.13 Å². The van der Waals surface area contributed by atoms with Crippen molar-refractivity contribution in [3.63, 3.8) is 0 Å². The number of thiocarbonyl (C=S) groups is 1. The number of aryl methyl sites for hydroxylation is 1. The van der Waals surface area contributed by atoms with Crippen molar-refractivity contribution in [2.45, 2.75) is 19.4 Å². The standard InChI is InChI=1S/C8H12N4O2S3/c1-5-11-12-8(16-5)10-7(15)9-6-2-3-17(13,14)4-6/h6H,2-4H2,1H3,(H2,9,10,12,15)/t6-/m0/s1. The van der Waals surface area contributed by atoms with Gasteiger partial charge in [0.05, 0.1) is 11.5 Å². The first-order chi connectivity index (χ1) is 7.94. The first kappa shape index (κ1) is 12.7. The summed E-state index contributed by atoms with van der Waals surface area (Å²) in [5.41, 5.74) is 0. The fraction of sp³-hybridized carbons (Fsp3) is 0.625. The molecule has 17 heavy (non-hydrogen) atoms. The van der Waals surface area contributed by atoms with Crippen molar-refractivity contribution in [1.82, 2.24) is 15.5 Å². The molecule has 1 aliphatic rings. The Labute approximate surface area is 109 Å². The van der Waals surface area contributed by atoms with Crippen molar-refractivity contribution in [1.29, 1.82) is 0 Å². The summed E-state index contributed by atoms with van der Waals surface area (Å²) in [7, 11) is -2.89. The molecule has 0 unspecified atom stereocenters. The molecule has 0 aliphatic carbocycles. The summed E-state index contributed by atoms with van der Waals surface area (Å²) >= 11 is 6.47. The molecule has 1 atom stereocenters. The van der Waals surface area contributed by atoms with E-state index in [1.165, 1.54) is 11.3 Å². The van der Waals surface area contributed by atoms with Gasteiger partial charge in [0.2, 0.25) is 5.13 Å². The summed E-state index contributed by atoms with van der Waals surface area (Å²) in [4.78, 5) is 0. The monoisotopic (exact) mass is 292 g/mol. The molecular weight excluding hydrogens is 280 g/mol. The van der Waals surface area contributed by atoms with Crippen LogP contribution in [-0.4, -0.2) is 41.3 Å². The highest BCUT2D eigenvalue weighted by atomic mass is 32.2. The highest BCUT2D eigenvalue weighted by Crippen LogP contribution is 2.14. The Morgan fingerprint density at radius 2 is 2.29 bits per heavy atom. The largest absolute Gasteiger partial charge is 0.359 e. The van der Waals surface area contributed by atoms with Crippen molar-refractivity contribution in [3.8, 4) is 0 Å². The number of hydrogen-bond acceptors (Lipinski definition) is 6. The van der Waals surface area contributed by atoms with Crippen LogP contribution in [0.1, 0.15) is 11.4 Å². The third-order valence-corrected chi connectivity index (χ3v) is 5.06. The Morgan fingerprint density at radius 3 is 2.82 bits per heavy atom. The summed E-state index contributed by atoms with van der Waals surface area (Å²) in [6.07, 6.45) is 0.597. The van der Waals surface area contributed by atoms with E-state index >= 15 is 0 Å². The average Bonchev–Trinajstić information content (AvgIpc) is 2.73. The molecule has 1 aromatic heterocycles. The Morgan fingerprint density at radius 1 is 1.53 bits per heavy atom. The molecular formula is C8H12N4O2S3. The van der Waals surface area contributed by atoms with Gasteiger partial charge < -0.3 is 10.6 Å². The maximum atomic E-state index is 11.3. The van der Waals surface area contributed by atoms with Crippen LogP contribution in [0.2, 0.25) is 0 Å². The van der Waals surface area contributed by atoms with E-state index in [0.717, 1.165) is 5.01 Å². The minimum atomic E-state index is -2.89. The molecule has 6 nitrogen and oxygen atoms in total. The molecule has 94 valence electrons. The lowest BCUT2D eigenvalue weighted by molar-refractivity contribution is 0.600. The fourth-order valence-electron chi connectivity index (χ4n) is 1.57. The van der Waals surface area contributed by atoms with E-state index in [9.17, 15) is 8.42 Å². The number of hydrogen-bond donors (Lipinski definition) is 2. The van der Waals surface area contributed by atoms with Gasteiger partial charge in [-0.1, -0.05) is 11.3 Å². The molecule has 0 saturated carbocycles. The van der Waals surface area contributed by atoms with Gasteiger partial charge in [0.15, 0.2) is 14.9 Å². The molecule has 0 aromatic carbocycles. The number of nitrogens with one attached hydrogen (secondary N) is 2. The molecule has 2 N–H and O–H groups in total. The zero-order valence-corrected chi connectivity index (χ0v) is 11.6. The van der Waals surface area contributed by atoms with Crippen LogP contribution in [0.3, 0.4) is 0 Å². The van der Waals surface area contributed by atoms with E-state index in [-0.39, 0.29) is 17.5 Å². The molecule has 1 aliphatic heterocycles. The summed E-state index contributed by atoms with van der Waals surface area (Å²) < 4.78 is 22.5. The molecule has 2 rings (SSSR count). The Kier molecular flexibility index (Phi) is 3.59. The SMILES string of the molecule is Cc1nnc(NC(=S)N[C@H]2CCS(=O)(=O)C2)s1. The molecule has 0 spiro atoms. The van der Waals surface area contributed by atoms with Gasteiger partial charge in [0.1, 0.15) is 5.01 Å².